The molecule has 0 unspecified atom stereocenters. The number of alkyl halides is 4. The van der Waals surface area contributed by atoms with Gasteiger partial charge in [-0.3, -0.25) is 4.40 Å². The van der Waals surface area contributed by atoms with Gasteiger partial charge in [0.1, 0.15) is 23.1 Å². The number of pyridine rings is 1. The minimum atomic E-state index is -3.30. The molecule has 5 nitrogen and oxygen atoms in total. The van der Waals surface area contributed by atoms with E-state index in [-0.39, 0.29) is 67.2 Å². The minimum absolute atomic E-state index is 0.00897. The zero-order valence-corrected chi connectivity index (χ0v) is 17.1. The standard InChI is InChI=1S/C21H23F4N3O2/c1-4-30-19(29)14-10-17-27-18(20(3,22)23)15(28(17)16(11-26)12(14)2)9-13-5-7-21(24,25)8-6-13/h10,13H,4-9H2,1-3H3. The number of fused-ring (bicyclic) bond motifs is 1. The third-order valence-corrected chi connectivity index (χ3v) is 5.59. The third-order valence-electron chi connectivity index (χ3n) is 5.59. The lowest BCUT2D eigenvalue weighted by molar-refractivity contribution is -0.0460. The van der Waals surface area contributed by atoms with Crippen molar-refractivity contribution >= 4 is 11.6 Å². The Labute approximate surface area is 171 Å². The molecule has 1 saturated carbocycles. The van der Waals surface area contributed by atoms with E-state index in [0.29, 0.717) is 12.5 Å². The van der Waals surface area contributed by atoms with Crippen molar-refractivity contribution in [2.24, 2.45) is 5.92 Å². The Morgan fingerprint density at radius 1 is 1.40 bits per heavy atom. The van der Waals surface area contributed by atoms with Crippen LogP contribution in [0.4, 0.5) is 17.6 Å². The van der Waals surface area contributed by atoms with Gasteiger partial charge in [0.15, 0.2) is 0 Å². The number of aromatic nitrogens is 2. The van der Waals surface area contributed by atoms with Crippen LogP contribution in [0.2, 0.25) is 0 Å². The van der Waals surface area contributed by atoms with E-state index in [4.69, 9.17) is 4.74 Å². The molecule has 30 heavy (non-hydrogen) atoms. The van der Waals surface area contributed by atoms with Crippen molar-refractivity contribution in [1.29, 1.82) is 5.26 Å². The molecule has 2 aromatic rings. The average molecular weight is 425 g/mol. The van der Waals surface area contributed by atoms with Gasteiger partial charge in [-0.05, 0) is 50.7 Å². The van der Waals surface area contributed by atoms with E-state index in [1.165, 1.54) is 10.5 Å². The van der Waals surface area contributed by atoms with Crippen molar-refractivity contribution in [2.75, 3.05) is 6.61 Å². The highest BCUT2D eigenvalue weighted by Crippen LogP contribution is 2.40. The van der Waals surface area contributed by atoms with Crippen molar-refractivity contribution < 1.29 is 27.1 Å². The summed E-state index contributed by atoms with van der Waals surface area (Å²) >= 11 is 0. The van der Waals surface area contributed by atoms with Crippen LogP contribution in [-0.2, 0) is 17.1 Å². The fourth-order valence-corrected chi connectivity index (χ4v) is 4.02. The highest BCUT2D eigenvalue weighted by atomic mass is 19.3. The third kappa shape index (κ3) is 4.13. The van der Waals surface area contributed by atoms with Gasteiger partial charge in [0.25, 0.3) is 5.92 Å². The Balaban J connectivity index is 2.16. The first kappa shape index (κ1) is 22.1. The van der Waals surface area contributed by atoms with Crippen molar-refractivity contribution in [3.63, 3.8) is 0 Å². The normalized spacial score (nSPS) is 17.1. The van der Waals surface area contributed by atoms with Crippen LogP contribution < -0.4 is 0 Å². The molecule has 0 spiro atoms. The van der Waals surface area contributed by atoms with Crippen LogP contribution in [0.3, 0.4) is 0 Å². The molecule has 9 heteroatoms. The molecule has 1 fully saturated rings. The van der Waals surface area contributed by atoms with Crippen molar-refractivity contribution in [2.45, 2.75) is 64.7 Å². The van der Waals surface area contributed by atoms with Gasteiger partial charge in [-0.1, -0.05) is 0 Å². The number of rotatable bonds is 5. The summed E-state index contributed by atoms with van der Waals surface area (Å²) in [5, 5.41) is 9.73. The first-order valence-electron chi connectivity index (χ1n) is 9.86. The van der Waals surface area contributed by atoms with Crippen LogP contribution in [0.5, 0.6) is 0 Å². The number of nitrogens with zero attached hydrogens (tertiary/aromatic N) is 3. The molecule has 0 aromatic carbocycles. The first-order valence-corrected chi connectivity index (χ1v) is 9.86. The molecule has 0 radical (unpaired) electrons. The lowest BCUT2D eigenvalue weighted by Crippen LogP contribution is -2.26. The topological polar surface area (TPSA) is 67.4 Å². The number of ether oxygens (including phenoxy) is 1. The fourth-order valence-electron chi connectivity index (χ4n) is 4.02. The molecule has 2 aromatic heterocycles. The number of carbonyl (C=O) groups is 1. The molecule has 162 valence electrons. The molecule has 0 N–H and O–H groups in total. The second-order valence-corrected chi connectivity index (χ2v) is 7.86. The number of carbonyl (C=O) groups excluding carboxylic acids is 1. The molecule has 0 amide bonds. The number of halogens is 4. The van der Waals surface area contributed by atoms with E-state index in [1.807, 2.05) is 6.07 Å². The molecule has 2 heterocycles. The Bertz CT molecular complexity index is 1010. The number of nitriles is 1. The Hall–Kier alpha value is -2.63. The molecule has 3 rings (SSSR count). The number of esters is 1. The maximum absolute atomic E-state index is 14.4. The lowest BCUT2D eigenvalue weighted by Gasteiger charge is -2.28. The maximum Gasteiger partial charge on any atom is 0.338 e. The first-order chi connectivity index (χ1) is 14.0. The number of hydrogen-bond donors (Lipinski definition) is 0. The smallest absolute Gasteiger partial charge is 0.338 e. The summed E-state index contributed by atoms with van der Waals surface area (Å²) in [5.74, 6) is -6.92. The molecule has 0 atom stereocenters. The van der Waals surface area contributed by atoms with Crippen molar-refractivity contribution in [1.82, 2.24) is 9.38 Å². The van der Waals surface area contributed by atoms with Crippen LogP contribution >= 0.6 is 0 Å². The summed E-state index contributed by atoms with van der Waals surface area (Å²) in [7, 11) is 0. The number of imidazole rings is 1. The van der Waals surface area contributed by atoms with Gasteiger partial charge < -0.3 is 4.74 Å². The van der Waals surface area contributed by atoms with Crippen molar-refractivity contribution in [3.05, 3.63) is 34.3 Å². The summed E-state index contributed by atoms with van der Waals surface area (Å²) in [6, 6.07) is 3.32. The van der Waals surface area contributed by atoms with Crippen LogP contribution in [0.25, 0.3) is 5.65 Å². The number of hydrogen-bond acceptors (Lipinski definition) is 4. The van der Waals surface area contributed by atoms with Crippen LogP contribution in [0.15, 0.2) is 6.07 Å². The molecule has 0 bridgehead atoms. The zero-order chi connectivity index (χ0) is 22.3. The summed E-state index contributed by atoms with van der Waals surface area (Å²) in [6.45, 7) is 4.00. The van der Waals surface area contributed by atoms with Gasteiger partial charge >= 0.3 is 5.97 Å². The monoisotopic (exact) mass is 425 g/mol. The van der Waals surface area contributed by atoms with Crippen LogP contribution in [-0.4, -0.2) is 27.9 Å². The maximum atomic E-state index is 14.4. The quantitative estimate of drug-likeness (QED) is 0.490. The molecule has 1 aliphatic rings. The SMILES string of the molecule is CCOC(=O)c1cc2nc(C(C)(F)F)c(CC3CCC(F)(F)CC3)n2c(C#N)c1C. The van der Waals surface area contributed by atoms with E-state index in [0.717, 1.165) is 0 Å². The fraction of sp³-hybridized carbons (Fsp3) is 0.571. The molecule has 0 saturated heterocycles. The Morgan fingerprint density at radius 3 is 2.57 bits per heavy atom. The highest BCUT2D eigenvalue weighted by molar-refractivity contribution is 5.93. The van der Waals surface area contributed by atoms with E-state index in [1.54, 1.807) is 13.8 Å². The average Bonchev–Trinajstić information content (AvgIpc) is 3.01. The largest absolute Gasteiger partial charge is 0.462 e. The summed E-state index contributed by atoms with van der Waals surface area (Å²) in [6.07, 6.45) is -0.0663. The Kier molecular flexibility index (Phi) is 5.81. The predicted octanol–water partition coefficient (Wildman–Crippen LogP) is 5.17. The summed E-state index contributed by atoms with van der Waals surface area (Å²) in [4.78, 5) is 16.3. The highest BCUT2D eigenvalue weighted by Gasteiger charge is 2.38. The second kappa shape index (κ2) is 7.89. The van der Waals surface area contributed by atoms with Gasteiger partial charge in [-0.15, -0.1) is 0 Å². The van der Waals surface area contributed by atoms with Gasteiger partial charge in [-0.25, -0.2) is 18.6 Å². The van der Waals surface area contributed by atoms with E-state index in [2.05, 4.69) is 4.98 Å². The molecule has 1 aliphatic carbocycles. The molecular formula is C21H23F4N3O2. The van der Waals surface area contributed by atoms with E-state index >= 15 is 0 Å². The second-order valence-electron chi connectivity index (χ2n) is 7.86. The summed E-state index contributed by atoms with van der Waals surface area (Å²) < 4.78 is 62.1. The van der Waals surface area contributed by atoms with Gasteiger partial charge in [0.05, 0.1) is 17.9 Å². The van der Waals surface area contributed by atoms with Gasteiger partial charge in [-0.2, -0.15) is 14.0 Å². The zero-order valence-electron chi connectivity index (χ0n) is 17.1. The van der Waals surface area contributed by atoms with Crippen LogP contribution in [0, 0.1) is 24.2 Å². The van der Waals surface area contributed by atoms with Gasteiger partial charge in [0, 0.05) is 19.8 Å². The van der Waals surface area contributed by atoms with E-state index < -0.39 is 23.5 Å². The van der Waals surface area contributed by atoms with Crippen LogP contribution in [0.1, 0.15) is 72.5 Å². The molecular weight excluding hydrogens is 402 g/mol. The lowest BCUT2D eigenvalue weighted by atomic mass is 9.83. The summed E-state index contributed by atoms with van der Waals surface area (Å²) in [5.41, 5.74) is 0.0473. The predicted molar refractivity (Wildman–Crippen MR) is 101 cm³/mol. The van der Waals surface area contributed by atoms with E-state index in [9.17, 15) is 27.6 Å². The molecule has 0 aliphatic heterocycles. The van der Waals surface area contributed by atoms with Gasteiger partial charge in [0.2, 0.25) is 5.92 Å². The minimum Gasteiger partial charge on any atom is -0.462 e. The van der Waals surface area contributed by atoms with Crippen molar-refractivity contribution in [3.8, 4) is 6.07 Å². The Morgan fingerprint density at radius 2 is 2.03 bits per heavy atom.